The Morgan fingerprint density at radius 1 is 0.750 bits per heavy atom. The number of benzene rings is 2. The molecule has 2 aromatic carbocycles. The standard InChI is InChI=1S/C20H27O3P/c1-17(13-19-9-5-3-6-10-19)15-22-24(21)23-16-18(2)14-20-11-7-4-8-12-20/h3-12,17-18,24H,13-16H2,1-2H3. The Morgan fingerprint density at radius 2 is 1.12 bits per heavy atom. The van der Waals surface area contributed by atoms with E-state index in [9.17, 15) is 4.57 Å². The monoisotopic (exact) mass is 346 g/mol. The summed E-state index contributed by atoms with van der Waals surface area (Å²) in [6, 6.07) is 20.5. The lowest BCUT2D eigenvalue weighted by molar-refractivity contribution is 0.184. The molecule has 0 bridgehead atoms. The van der Waals surface area contributed by atoms with Crippen LogP contribution in [0.25, 0.3) is 0 Å². The van der Waals surface area contributed by atoms with Crippen molar-refractivity contribution in [1.82, 2.24) is 0 Å². The summed E-state index contributed by atoms with van der Waals surface area (Å²) in [6.45, 7) is 5.11. The summed E-state index contributed by atoms with van der Waals surface area (Å²) in [7, 11) is -2.41. The van der Waals surface area contributed by atoms with Crippen LogP contribution >= 0.6 is 8.25 Å². The summed E-state index contributed by atoms with van der Waals surface area (Å²) in [4.78, 5) is 0. The van der Waals surface area contributed by atoms with Gasteiger partial charge in [-0.05, 0) is 35.8 Å². The maximum absolute atomic E-state index is 11.9. The highest BCUT2D eigenvalue weighted by atomic mass is 31.1. The fraction of sp³-hybridized carbons (Fsp3) is 0.400. The molecule has 0 aliphatic rings. The molecular weight excluding hydrogens is 319 g/mol. The number of hydrogen-bond donors (Lipinski definition) is 0. The quantitative estimate of drug-likeness (QED) is 0.557. The maximum atomic E-state index is 11.9. The second-order valence-corrected chi connectivity index (χ2v) is 7.54. The molecule has 24 heavy (non-hydrogen) atoms. The summed E-state index contributed by atoms with van der Waals surface area (Å²) in [5.41, 5.74) is 2.54. The van der Waals surface area contributed by atoms with Crippen molar-refractivity contribution in [3.8, 4) is 0 Å². The third-order valence-electron chi connectivity index (χ3n) is 3.83. The van der Waals surface area contributed by atoms with Gasteiger partial charge in [-0.3, -0.25) is 4.57 Å². The molecule has 3 nitrogen and oxygen atoms in total. The molecule has 0 N–H and O–H groups in total. The van der Waals surface area contributed by atoms with Crippen molar-refractivity contribution in [2.45, 2.75) is 26.7 Å². The fourth-order valence-corrected chi connectivity index (χ4v) is 3.54. The first-order valence-corrected chi connectivity index (χ1v) is 9.73. The predicted molar refractivity (Wildman–Crippen MR) is 99.5 cm³/mol. The molecule has 0 amide bonds. The van der Waals surface area contributed by atoms with Gasteiger partial charge in [-0.1, -0.05) is 74.5 Å². The lowest BCUT2D eigenvalue weighted by atomic mass is 10.0. The van der Waals surface area contributed by atoms with Gasteiger partial charge in [0.05, 0.1) is 13.2 Å². The van der Waals surface area contributed by atoms with Crippen molar-refractivity contribution in [2.24, 2.45) is 11.8 Å². The van der Waals surface area contributed by atoms with Crippen LogP contribution in [0.4, 0.5) is 0 Å². The van der Waals surface area contributed by atoms with Crippen molar-refractivity contribution in [3.05, 3.63) is 71.8 Å². The molecule has 0 saturated carbocycles. The molecule has 0 aliphatic carbocycles. The van der Waals surface area contributed by atoms with E-state index < -0.39 is 8.25 Å². The van der Waals surface area contributed by atoms with Gasteiger partial charge in [-0.15, -0.1) is 0 Å². The topological polar surface area (TPSA) is 35.5 Å². The van der Waals surface area contributed by atoms with Crippen LogP contribution < -0.4 is 0 Å². The van der Waals surface area contributed by atoms with E-state index in [0.29, 0.717) is 25.0 Å². The molecule has 0 aliphatic heterocycles. The van der Waals surface area contributed by atoms with Gasteiger partial charge >= 0.3 is 8.25 Å². The molecule has 2 rings (SSSR count). The van der Waals surface area contributed by atoms with Gasteiger partial charge < -0.3 is 9.05 Å². The predicted octanol–water partition coefficient (Wildman–Crippen LogP) is 5.17. The molecule has 2 atom stereocenters. The lowest BCUT2D eigenvalue weighted by Crippen LogP contribution is -2.09. The molecule has 0 spiro atoms. The largest absolute Gasteiger partial charge is 0.319 e. The van der Waals surface area contributed by atoms with Crippen LogP contribution in [-0.2, 0) is 26.5 Å². The lowest BCUT2D eigenvalue weighted by Gasteiger charge is -2.14. The van der Waals surface area contributed by atoms with E-state index in [1.54, 1.807) is 0 Å². The Hall–Kier alpha value is -1.41. The van der Waals surface area contributed by atoms with Crippen LogP contribution in [0.2, 0.25) is 0 Å². The zero-order valence-corrected chi connectivity index (χ0v) is 15.5. The van der Waals surface area contributed by atoms with Crippen LogP contribution in [0, 0.1) is 11.8 Å². The molecule has 0 aromatic heterocycles. The van der Waals surface area contributed by atoms with Crippen molar-refractivity contribution in [2.75, 3.05) is 13.2 Å². The zero-order chi connectivity index (χ0) is 17.2. The van der Waals surface area contributed by atoms with Gasteiger partial charge in [0, 0.05) is 0 Å². The first-order valence-electron chi connectivity index (χ1n) is 8.51. The molecule has 4 heteroatoms. The van der Waals surface area contributed by atoms with E-state index in [0.717, 1.165) is 12.8 Å². The molecule has 0 heterocycles. The van der Waals surface area contributed by atoms with Crippen molar-refractivity contribution >= 4 is 8.25 Å². The molecule has 0 saturated heterocycles. The zero-order valence-electron chi connectivity index (χ0n) is 14.5. The van der Waals surface area contributed by atoms with Crippen molar-refractivity contribution < 1.29 is 13.6 Å². The third kappa shape index (κ3) is 7.44. The minimum Gasteiger partial charge on any atom is -0.310 e. The minimum atomic E-state index is -2.41. The van der Waals surface area contributed by atoms with E-state index in [1.165, 1.54) is 11.1 Å². The normalized spacial score (nSPS) is 14.9. The van der Waals surface area contributed by atoms with Crippen LogP contribution in [-0.4, -0.2) is 13.2 Å². The Labute approximate surface area is 146 Å². The Kier molecular flexibility index (Phi) is 8.24. The van der Waals surface area contributed by atoms with Crippen LogP contribution in [0.1, 0.15) is 25.0 Å². The van der Waals surface area contributed by atoms with Crippen molar-refractivity contribution in [1.29, 1.82) is 0 Å². The van der Waals surface area contributed by atoms with E-state index in [2.05, 4.69) is 38.1 Å². The highest BCUT2D eigenvalue weighted by Gasteiger charge is 2.10. The van der Waals surface area contributed by atoms with Gasteiger partial charge in [0.15, 0.2) is 0 Å². The van der Waals surface area contributed by atoms with Gasteiger partial charge in [0.25, 0.3) is 0 Å². The first kappa shape index (κ1) is 18.9. The highest BCUT2D eigenvalue weighted by molar-refractivity contribution is 7.33. The van der Waals surface area contributed by atoms with E-state index >= 15 is 0 Å². The van der Waals surface area contributed by atoms with Gasteiger partial charge in [0.1, 0.15) is 0 Å². The summed E-state index contributed by atoms with van der Waals surface area (Å²) in [6.07, 6.45) is 1.83. The van der Waals surface area contributed by atoms with Crippen LogP contribution in [0.5, 0.6) is 0 Å². The number of rotatable bonds is 10. The van der Waals surface area contributed by atoms with Gasteiger partial charge in [-0.2, -0.15) is 0 Å². The third-order valence-corrected chi connectivity index (χ3v) is 4.63. The smallest absolute Gasteiger partial charge is 0.310 e. The Morgan fingerprint density at radius 3 is 1.50 bits per heavy atom. The fourth-order valence-electron chi connectivity index (χ4n) is 2.61. The molecule has 2 aromatic rings. The van der Waals surface area contributed by atoms with Crippen LogP contribution in [0.15, 0.2) is 60.7 Å². The van der Waals surface area contributed by atoms with Crippen LogP contribution in [0.3, 0.4) is 0 Å². The van der Waals surface area contributed by atoms with E-state index in [-0.39, 0.29) is 0 Å². The summed E-state index contributed by atoms with van der Waals surface area (Å²) < 4.78 is 22.7. The average Bonchev–Trinajstić information content (AvgIpc) is 2.60. The van der Waals surface area contributed by atoms with Gasteiger partial charge in [-0.25, -0.2) is 0 Å². The van der Waals surface area contributed by atoms with E-state index in [4.69, 9.17) is 9.05 Å². The molecule has 0 radical (unpaired) electrons. The van der Waals surface area contributed by atoms with Gasteiger partial charge in [0.2, 0.25) is 0 Å². The van der Waals surface area contributed by atoms with Crippen molar-refractivity contribution in [3.63, 3.8) is 0 Å². The molecular formula is C20H27O3P. The molecule has 2 unspecified atom stereocenters. The minimum absolute atomic E-state index is 0.312. The summed E-state index contributed by atoms with van der Waals surface area (Å²) >= 11 is 0. The molecule has 0 fully saturated rings. The first-order chi connectivity index (χ1) is 11.6. The average molecular weight is 346 g/mol. The second kappa shape index (κ2) is 10.5. The number of hydrogen-bond acceptors (Lipinski definition) is 3. The second-order valence-electron chi connectivity index (χ2n) is 6.46. The molecule has 130 valence electrons. The highest BCUT2D eigenvalue weighted by Crippen LogP contribution is 2.27. The summed E-state index contributed by atoms with van der Waals surface area (Å²) in [5, 5.41) is 0. The maximum Gasteiger partial charge on any atom is 0.319 e. The Balaban J connectivity index is 1.62. The van der Waals surface area contributed by atoms with E-state index in [1.807, 2.05) is 36.4 Å². The Bertz CT molecular complexity index is 547. The summed E-state index contributed by atoms with van der Waals surface area (Å²) in [5.74, 6) is 0.624. The SMILES string of the molecule is CC(CO[PH](=O)OCC(C)Cc1ccccc1)Cc1ccccc1.